The molecule has 6 nitrogen and oxygen atoms in total. The van der Waals surface area contributed by atoms with Crippen molar-refractivity contribution in [2.24, 2.45) is 0 Å². The Morgan fingerprint density at radius 3 is 2.58 bits per heavy atom. The summed E-state index contributed by atoms with van der Waals surface area (Å²) in [6, 6.07) is 9.22. The van der Waals surface area contributed by atoms with Crippen molar-refractivity contribution in [2.75, 3.05) is 0 Å². The summed E-state index contributed by atoms with van der Waals surface area (Å²) >= 11 is 5.81. The normalized spacial score (nSPS) is 12.5. The number of hydrogen-bond donors (Lipinski definition) is 0. The summed E-state index contributed by atoms with van der Waals surface area (Å²) in [5, 5.41) is 0.491. The van der Waals surface area contributed by atoms with Crippen LogP contribution >= 0.6 is 11.6 Å². The van der Waals surface area contributed by atoms with Gasteiger partial charge in [-0.1, -0.05) is 11.6 Å². The SMILES string of the molecule is Cc1oc2c(c1C(=O)Oc1ccc(Cl)cc1)C(=O)c1ncccc1C2=O. The smallest absolute Gasteiger partial charge is 0.347 e. The largest absolute Gasteiger partial charge is 0.456 e. The van der Waals surface area contributed by atoms with Gasteiger partial charge in [0.15, 0.2) is 5.76 Å². The third-order valence-electron chi connectivity index (χ3n) is 4.01. The number of hydrogen-bond acceptors (Lipinski definition) is 6. The van der Waals surface area contributed by atoms with Gasteiger partial charge in [0.05, 0.1) is 11.1 Å². The second kappa shape index (κ2) is 5.93. The quantitative estimate of drug-likeness (QED) is 0.397. The Balaban J connectivity index is 1.79. The van der Waals surface area contributed by atoms with Crippen LogP contribution in [0.3, 0.4) is 0 Å². The van der Waals surface area contributed by atoms with Crippen molar-refractivity contribution in [1.29, 1.82) is 0 Å². The molecule has 0 bridgehead atoms. The first-order chi connectivity index (χ1) is 12.5. The first kappa shape index (κ1) is 16.2. The zero-order valence-corrected chi connectivity index (χ0v) is 14.2. The predicted octanol–water partition coefficient (Wildman–Crippen LogP) is 3.63. The van der Waals surface area contributed by atoms with Crippen LogP contribution in [0.4, 0.5) is 0 Å². The van der Waals surface area contributed by atoms with E-state index in [0.717, 1.165) is 0 Å². The van der Waals surface area contributed by atoms with E-state index in [1.807, 2.05) is 0 Å². The molecule has 0 atom stereocenters. The fourth-order valence-electron chi connectivity index (χ4n) is 2.84. The highest BCUT2D eigenvalue weighted by atomic mass is 35.5. The molecule has 3 aromatic rings. The van der Waals surface area contributed by atoms with Crippen LogP contribution in [0.15, 0.2) is 47.0 Å². The van der Waals surface area contributed by atoms with Gasteiger partial charge in [-0.15, -0.1) is 0 Å². The van der Waals surface area contributed by atoms with Crippen molar-refractivity contribution in [1.82, 2.24) is 4.98 Å². The third kappa shape index (κ3) is 2.43. The molecule has 0 fully saturated rings. The van der Waals surface area contributed by atoms with Crippen LogP contribution in [-0.2, 0) is 0 Å². The Labute approximate surface area is 152 Å². The van der Waals surface area contributed by atoms with Crippen LogP contribution in [0, 0.1) is 6.92 Å². The molecule has 1 aliphatic rings. The van der Waals surface area contributed by atoms with Gasteiger partial charge in [0, 0.05) is 11.2 Å². The summed E-state index contributed by atoms with van der Waals surface area (Å²) in [6.45, 7) is 1.50. The minimum absolute atomic E-state index is 0.00802. The molecule has 0 radical (unpaired) electrons. The molecule has 128 valence electrons. The number of halogens is 1. The Hall–Kier alpha value is -3.25. The van der Waals surface area contributed by atoms with E-state index in [4.69, 9.17) is 20.8 Å². The van der Waals surface area contributed by atoms with E-state index >= 15 is 0 Å². The molecule has 0 spiro atoms. The Morgan fingerprint density at radius 1 is 1.12 bits per heavy atom. The van der Waals surface area contributed by atoms with Gasteiger partial charge in [0.2, 0.25) is 11.6 Å². The summed E-state index contributed by atoms with van der Waals surface area (Å²) in [5.41, 5.74) is -0.0509. The molecule has 7 heteroatoms. The van der Waals surface area contributed by atoms with E-state index in [1.165, 1.54) is 31.3 Å². The number of furan rings is 1. The Morgan fingerprint density at radius 2 is 1.85 bits per heavy atom. The van der Waals surface area contributed by atoms with Gasteiger partial charge in [-0.05, 0) is 43.3 Å². The van der Waals surface area contributed by atoms with E-state index in [2.05, 4.69) is 4.98 Å². The fourth-order valence-corrected chi connectivity index (χ4v) is 2.96. The van der Waals surface area contributed by atoms with Crippen LogP contribution < -0.4 is 4.74 Å². The lowest BCUT2D eigenvalue weighted by atomic mass is 9.90. The first-order valence-corrected chi connectivity index (χ1v) is 8.00. The van der Waals surface area contributed by atoms with Crippen molar-refractivity contribution in [3.63, 3.8) is 0 Å². The number of benzene rings is 1. The molecule has 2 heterocycles. The molecule has 26 heavy (non-hydrogen) atoms. The molecule has 1 aromatic carbocycles. The number of aromatic nitrogens is 1. The molecule has 0 amide bonds. The molecular formula is C19H10ClNO5. The van der Waals surface area contributed by atoms with Gasteiger partial charge in [0.1, 0.15) is 22.8 Å². The zero-order valence-electron chi connectivity index (χ0n) is 13.4. The van der Waals surface area contributed by atoms with Gasteiger partial charge in [-0.25, -0.2) is 4.79 Å². The second-order valence-electron chi connectivity index (χ2n) is 5.64. The van der Waals surface area contributed by atoms with Crippen molar-refractivity contribution < 1.29 is 23.5 Å². The first-order valence-electron chi connectivity index (χ1n) is 7.63. The average molecular weight is 368 g/mol. The number of carbonyl (C=O) groups is 3. The van der Waals surface area contributed by atoms with Gasteiger partial charge in [-0.2, -0.15) is 0 Å². The predicted molar refractivity (Wildman–Crippen MR) is 91.0 cm³/mol. The number of esters is 1. The van der Waals surface area contributed by atoms with E-state index < -0.39 is 17.5 Å². The maximum Gasteiger partial charge on any atom is 0.347 e. The lowest BCUT2D eigenvalue weighted by Gasteiger charge is -2.12. The lowest BCUT2D eigenvalue weighted by molar-refractivity contribution is 0.0729. The molecule has 4 rings (SSSR count). The summed E-state index contributed by atoms with van der Waals surface area (Å²) in [5.74, 6) is -1.62. The molecule has 0 saturated carbocycles. The van der Waals surface area contributed by atoms with Crippen LogP contribution in [0.2, 0.25) is 5.02 Å². The highest BCUT2D eigenvalue weighted by Gasteiger charge is 2.39. The molecule has 0 aliphatic heterocycles. The van der Waals surface area contributed by atoms with Gasteiger partial charge in [0.25, 0.3) is 0 Å². The maximum atomic E-state index is 12.8. The molecule has 1 aliphatic carbocycles. The number of nitrogens with zero attached hydrogens (tertiary/aromatic N) is 1. The van der Waals surface area contributed by atoms with Crippen LogP contribution in [0.1, 0.15) is 48.3 Å². The Kier molecular flexibility index (Phi) is 3.70. The van der Waals surface area contributed by atoms with Crippen LogP contribution in [0.25, 0.3) is 0 Å². The molecule has 0 N–H and O–H groups in total. The minimum Gasteiger partial charge on any atom is -0.456 e. The van der Waals surface area contributed by atoms with E-state index in [0.29, 0.717) is 5.02 Å². The summed E-state index contributed by atoms with van der Waals surface area (Å²) in [4.78, 5) is 42.0. The van der Waals surface area contributed by atoms with E-state index in [-0.39, 0.29) is 39.7 Å². The molecule has 0 unspecified atom stereocenters. The summed E-state index contributed by atoms with van der Waals surface area (Å²) in [6.07, 6.45) is 1.41. The number of carbonyl (C=O) groups excluding carboxylic acids is 3. The standard InChI is InChI=1S/C19H10ClNO5/c1-9-13(19(24)26-11-6-4-10(20)5-7-11)14-17(23)15-12(3-2-8-21-15)16(22)18(14)25-9/h2-8H,1H3. The van der Waals surface area contributed by atoms with Gasteiger partial charge < -0.3 is 9.15 Å². The van der Waals surface area contributed by atoms with Crippen molar-refractivity contribution >= 4 is 29.1 Å². The number of pyridine rings is 1. The second-order valence-corrected chi connectivity index (χ2v) is 6.08. The Bertz CT molecular complexity index is 1080. The minimum atomic E-state index is -0.796. The summed E-state index contributed by atoms with van der Waals surface area (Å²) < 4.78 is 10.7. The van der Waals surface area contributed by atoms with E-state index in [9.17, 15) is 14.4 Å². The summed E-state index contributed by atoms with van der Waals surface area (Å²) in [7, 11) is 0. The van der Waals surface area contributed by atoms with Crippen molar-refractivity contribution in [2.45, 2.75) is 6.92 Å². The molecule has 2 aromatic heterocycles. The number of fused-ring (bicyclic) bond motifs is 2. The fraction of sp³-hybridized carbons (Fsp3) is 0.0526. The highest BCUT2D eigenvalue weighted by Crippen LogP contribution is 2.33. The number of ketones is 2. The van der Waals surface area contributed by atoms with Crippen molar-refractivity contribution in [3.05, 3.63) is 81.5 Å². The third-order valence-corrected chi connectivity index (χ3v) is 4.27. The van der Waals surface area contributed by atoms with Crippen LogP contribution in [0.5, 0.6) is 5.75 Å². The van der Waals surface area contributed by atoms with Gasteiger partial charge >= 0.3 is 5.97 Å². The average Bonchev–Trinajstić information content (AvgIpc) is 2.99. The molecule has 0 saturated heterocycles. The number of rotatable bonds is 2. The van der Waals surface area contributed by atoms with E-state index in [1.54, 1.807) is 18.2 Å². The topological polar surface area (TPSA) is 86.5 Å². The van der Waals surface area contributed by atoms with Crippen molar-refractivity contribution in [3.8, 4) is 5.75 Å². The monoisotopic (exact) mass is 367 g/mol. The van der Waals surface area contributed by atoms with Crippen LogP contribution in [-0.4, -0.2) is 22.5 Å². The lowest BCUT2D eigenvalue weighted by Crippen LogP contribution is -2.23. The molecular weight excluding hydrogens is 358 g/mol. The number of aryl methyl sites for hydroxylation is 1. The van der Waals surface area contributed by atoms with Gasteiger partial charge in [-0.3, -0.25) is 14.6 Å². The number of ether oxygens (including phenoxy) is 1. The highest BCUT2D eigenvalue weighted by molar-refractivity contribution is 6.30. The zero-order chi connectivity index (χ0) is 18.4. The maximum absolute atomic E-state index is 12.8.